The van der Waals surface area contributed by atoms with Crippen LogP contribution in [0.2, 0.25) is 0 Å². The van der Waals surface area contributed by atoms with Gasteiger partial charge in [-0.15, -0.1) is 0 Å². The van der Waals surface area contributed by atoms with Gasteiger partial charge < -0.3 is 4.98 Å². The van der Waals surface area contributed by atoms with Gasteiger partial charge in [0.25, 0.3) is 5.56 Å². The van der Waals surface area contributed by atoms with Crippen LogP contribution in [0.25, 0.3) is 0 Å². The standard InChI is InChI=1S/C8H9N3OS/c1-5-6(2)10-8(11-7(5)12)13-4-3-9/h4H2,1-2H3,(H,10,11,12). The normalized spacial score (nSPS) is 9.62. The Kier molecular flexibility index (Phi) is 3.09. The summed E-state index contributed by atoms with van der Waals surface area (Å²) in [5.74, 6) is 0.297. The second-order valence-electron chi connectivity index (χ2n) is 2.53. The van der Waals surface area contributed by atoms with Crippen LogP contribution in [0.15, 0.2) is 9.95 Å². The van der Waals surface area contributed by atoms with Crippen LogP contribution in [-0.4, -0.2) is 15.7 Å². The van der Waals surface area contributed by atoms with E-state index in [-0.39, 0.29) is 5.56 Å². The largest absolute Gasteiger partial charge is 0.301 e. The molecule has 4 nitrogen and oxygen atoms in total. The summed E-state index contributed by atoms with van der Waals surface area (Å²) in [5, 5.41) is 8.84. The highest BCUT2D eigenvalue weighted by Crippen LogP contribution is 2.10. The molecule has 0 spiro atoms. The van der Waals surface area contributed by atoms with Crippen molar-refractivity contribution in [2.45, 2.75) is 19.0 Å². The van der Waals surface area contributed by atoms with Gasteiger partial charge in [-0.25, -0.2) is 4.98 Å². The Labute approximate surface area is 80.0 Å². The zero-order valence-electron chi connectivity index (χ0n) is 7.42. The molecule has 0 fully saturated rings. The number of hydrogen-bond acceptors (Lipinski definition) is 4. The van der Waals surface area contributed by atoms with Gasteiger partial charge in [-0.05, 0) is 13.8 Å². The van der Waals surface area contributed by atoms with Gasteiger partial charge in [0.15, 0.2) is 5.16 Å². The quantitative estimate of drug-likeness (QED) is 0.564. The Morgan fingerprint density at radius 3 is 2.85 bits per heavy atom. The molecule has 0 bridgehead atoms. The number of hydrogen-bond donors (Lipinski definition) is 1. The lowest BCUT2D eigenvalue weighted by Crippen LogP contribution is -2.14. The van der Waals surface area contributed by atoms with Crippen molar-refractivity contribution in [2.24, 2.45) is 0 Å². The molecule has 1 aromatic heterocycles. The van der Waals surface area contributed by atoms with Crippen molar-refractivity contribution in [1.29, 1.82) is 5.26 Å². The van der Waals surface area contributed by atoms with Crippen LogP contribution in [0.5, 0.6) is 0 Å². The minimum Gasteiger partial charge on any atom is -0.301 e. The van der Waals surface area contributed by atoms with Crippen molar-refractivity contribution in [2.75, 3.05) is 5.75 Å². The number of H-pyrrole nitrogens is 1. The third-order valence-electron chi connectivity index (χ3n) is 1.65. The number of thioether (sulfide) groups is 1. The van der Waals surface area contributed by atoms with Crippen molar-refractivity contribution in [3.63, 3.8) is 0 Å². The second-order valence-corrected chi connectivity index (χ2v) is 3.49. The van der Waals surface area contributed by atoms with E-state index in [0.29, 0.717) is 22.2 Å². The Balaban J connectivity index is 3.01. The van der Waals surface area contributed by atoms with E-state index in [0.717, 1.165) is 0 Å². The molecule has 1 rings (SSSR count). The van der Waals surface area contributed by atoms with Gasteiger partial charge in [-0.1, -0.05) is 11.8 Å². The molecule has 0 unspecified atom stereocenters. The maximum Gasteiger partial charge on any atom is 0.254 e. The van der Waals surface area contributed by atoms with Crippen molar-refractivity contribution in [3.8, 4) is 6.07 Å². The van der Waals surface area contributed by atoms with Crippen molar-refractivity contribution >= 4 is 11.8 Å². The number of aryl methyl sites for hydroxylation is 1. The van der Waals surface area contributed by atoms with E-state index in [1.54, 1.807) is 13.8 Å². The van der Waals surface area contributed by atoms with E-state index < -0.39 is 0 Å². The maximum atomic E-state index is 11.2. The number of aromatic amines is 1. The summed E-state index contributed by atoms with van der Waals surface area (Å²) in [6.45, 7) is 3.50. The first-order chi connectivity index (χ1) is 6.15. The lowest BCUT2D eigenvalue weighted by Gasteiger charge is -2.00. The molecule has 0 saturated heterocycles. The van der Waals surface area contributed by atoms with Gasteiger partial charge in [0.2, 0.25) is 0 Å². The Hall–Kier alpha value is -1.28. The van der Waals surface area contributed by atoms with Crippen molar-refractivity contribution < 1.29 is 0 Å². The Bertz CT molecular complexity index is 405. The molecule has 1 heterocycles. The van der Waals surface area contributed by atoms with Gasteiger partial charge in [-0.3, -0.25) is 4.79 Å². The third kappa shape index (κ3) is 2.33. The minimum absolute atomic E-state index is 0.132. The van der Waals surface area contributed by atoms with Crippen LogP contribution in [0.3, 0.4) is 0 Å². The van der Waals surface area contributed by atoms with Crippen molar-refractivity contribution in [1.82, 2.24) is 9.97 Å². The SMILES string of the molecule is Cc1nc(SCC#N)[nH]c(=O)c1C. The molecule has 0 aliphatic carbocycles. The van der Waals surface area contributed by atoms with Crippen molar-refractivity contribution in [3.05, 3.63) is 21.6 Å². The molecule has 0 saturated carbocycles. The minimum atomic E-state index is -0.132. The third-order valence-corrected chi connectivity index (χ3v) is 2.39. The molecule has 5 heteroatoms. The van der Waals surface area contributed by atoms with Gasteiger partial charge in [-0.2, -0.15) is 5.26 Å². The van der Waals surface area contributed by atoms with E-state index in [2.05, 4.69) is 9.97 Å². The first kappa shape index (κ1) is 9.81. The predicted octanol–water partition coefficient (Wildman–Crippen LogP) is 1.00. The summed E-state index contributed by atoms with van der Waals surface area (Å²) >= 11 is 1.23. The summed E-state index contributed by atoms with van der Waals surface area (Å²) < 4.78 is 0. The molecule has 0 atom stereocenters. The lowest BCUT2D eigenvalue weighted by atomic mass is 10.3. The van der Waals surface area contributed by atoms with Crippen LogP contribution in [0.4, 0.5) is 0 Å². The molecule has 0 radical (unpaired) electrons. The highest BCUT2D eigenvalue weighted by Gasteiger charge is 2.02. The van der Waals surface area contributed by atoms with Gasteiger partial charge in [0.1, 0.15) is 0 Å². The summed E-state index contributed by atoms with van der Waals surface area (Å²) in [5.41, 5.74) is 1.21. The zero-order chi connectivity index (χ0) is 9.84. The fraction of sp³-hybridized carbons (Fsp3) is 0.375. The highest BCUT2D eigenvalue weighted by molar-refractivity contribution is 7.99. The summed E-state index contributed by atoms with van der Waals surface area (Å²) in [6.07, 6.45) is 0. The average molecular weight is 195 g/mol. The number of rotatable bonds is 2. The van der Waals surface area contributed by atoms with Gasteiger partial charge in [0.05, 0.1) is 11.8 Å². The van der Waals surface area contributed by atoms with Crippen LogP contribution in [0, 0.1) is 25.2 Å². The molecule has 0 aliphatic heterocycles. The molecular formula is C8H9N3OS. The summed E-state index contributed by atoms with van der Waals surface area (Å²) in [6, 6.07) is 1.97. The summed E-state index contributed by atoms with van der Waals surface area (Å²) in [4.78, 5) is 18.0. The summed E-state index contributed by atoms with van der Waals surface area (Å²) in [7, 11) is 0. The second kappa shape index (κ2) is 4.10. The fourth-order valence-electron chi connectivity index (χ4n) is 0.788. The van der Waals surface area contributed by atoms with Crippen LogP contribution in [-0.2, 0) is 0 Å². The maximum absolute atomic E-state index is 11.2. The van der Waals surface area contributed by atoms with Gasteiger partial charge >= 0.3 is 0 Å². The number of aromatic nitrogens is 2. The highest BCUT2D eigenvalue weighted by atomic mass is 32.2. The number of nitrogens with one attached hydrogen (secondary N) is 1. The molecule has 1 N–H and O–H groups in total. The van der Waals surface area contributed by atoms with E-state index >= 15 is 0 Å². The van der Waals surface area contributed by atoms with Gasteiger partial charge in [0, 0.05) is 11.3 Å². The van der Waals surface area contributed by atoms with E-state index in [4.69, 9.17) is 5.26 Å². The first-order valence-corrected chi connectivity index (χ1v) is 4.71. The number of nitriles is 1. The smallest absolute Gasteiger partial charge is 0.254 e. The van der Waals surface area contributed by atoms with Crippen LogP contribution < -0.4 is 5.56 Å². The van der Waals surface area contributed by atoms with E-state index in [1.807, 2.05) is 6.07 Å². The molecule has 0 amide bonds. The Morgan fingerprint density at radius 1 is 1.62 bits per heavy atom. The van der Waals surface area contributed by atoms with Crippen LogP contribution >= 0.6 is 11.8 Å². The first-order valence-electron chi connectivity index (χ1n) is 3.72. The van der Waals surface area contributed by atoms with E-state index in [9.17, 15) is 4.79 Å². The molecular weight excluding hydrogens is 186 g/mol. The fourth-order valence-corrected chi connectivity index (χ4v) is 1.36. The molecule has 0 aliphatic rings. The van der Waals surface area contributed by atoms with Crippen LogP contribution in [0.1, 0.15) is 11.3 Å². The monoisotopic (exact) mass is 195 g/mol. The molecule has 1 aromatic rings. The number of nitrogens with zero attached hydrogens (tertiary/aromatic N) is 2. The molecule has 0 aromatic carbocycles. The average Bonchev–Trinajstić information content (AvgIpc) is 2.10. The molecule has 68 valence electrons. The Morgan fingerprint density at radius 2 is 2.31 bits per heavy atom. The van der Waals surface area contributed by atoms with E-state index in [1.165, 1.54) is 11.8 Å². The predicted molar refractivity (Wildman–Crippen MR) is 50.7 cm³/mol. The topological polar surface area (TPSA) is 69.5 Å². The zero-order valence-corrected chi connectivity index (χ0v) is 8.23. The lowest BCUT2D eigenvalue weighted by molar-refractivity contribution is 0.885. The molecule has 13 heavy (non-hydrogen) atoms.